The molecule has 0 spiro atoms. The van der Waals surface area contributed by atoms with Gasteiger partial charge in [-0.3, -0.25) is 0 Å². The Bertz CT molecular complexity index is 3160. The molecular formula is C55H39NO. The summed E-state index contributed by atoms with van der Waals surface area (Å²) in [5.74, 6) is 0. The highest BCUT2D eigenvalue weighted by Crippen LogP contribution is 2.53. The lowest BCUT2D eigenvalue weighted by molar-refractivity contribution is 0.660. The van der Waals surface area contributed by atoms with E-state index in [-0.39, 0.29) is 5.41 Å². The van der Waals surface area contributed by atoms with Crippen molar-refractivity contribution >= 4 is 49.8 Å². The monoisotopic (exact) mass is 729 g/mol. The molecule has 0 atom stereocenters. The van der Waals surface area contributed by atoms with Gasteiger partial charge >= 0.3 is 0 Å². The molecule has 11 rings (SSSR count). The van der Waals surface area contributed by atoms with Crippen molar-refractivity contribution in [1.29, 1.82) is 0 Å². The molecule has 10 aromatic rings. The van der Waals surface area contributed by atoms with Gasteiger partial charge in [0.25, 0.3) is 0 Å². The number of rotatable bonds is 6. The molecule has 1 aliphatic rings. The topological polar surface area (TPSA) is 16.4 Å². The lowest BCUT2D eigenvalue weighted by Gasteiger charge is -2.30. The maximum Gasteiger partial charge on any atom is 0.136 e. The predicted octanol–water partition coefficient (Wildman–Crippen LogP) is 15.5. The SMILES string of the molecule is CC1(C)c2ccccc2-c2ccc(N(c3cccc(-c4ccccc4)c3)c3ccccc3-c3ccc4oc5ccccc5c4c3-c3cccc4ccccc34)cc21. The van der Waals surface area contributed by atoms with Crippen LogP contribution in [0.5, 0.6) is 0 Å². The van der Waals surface area contributed by atoms with Crippen molar-refractivity contribution < 1.29 is 4.42 Å². The van der Waals surface area contributed by atoms with Crippen LogP contribution in [-0.2, 0) is 5.41 Å². The number of benzene rings is 9. The number of hydrogen-bond acceptors (Lipinski definition) is 2. The molecule has 1 heterocycles. The van der Waals surface area contributed by atoms with E-state index in [4.69, 9.17) is 4.42 Å². The Kier molecular flexibility index (Phi) is 7.55. The van der Waals surface area contributed by atoms with Crippen LogP contribution < -0.4 is 4.90 Å². The van der Waals surface area contributed by atoms with Crippen molar-refractivity contribution in [3.05, 3.63) is 211 Å². The molecule has 2 nitrogen and oxygen atoms in total. The molecule has 1 aromatic heterocycles. The lowest BCUT2D eigenvalue weighted by Crippen LogP contribution is -2.17. The minimum absolute atomic E-state index is 0.145. The van der Waals surface area contributed by atoms with E-state index in [1.807, 2.05) is 0 Å². The number of para-hydroxylation sites is 2. The third-order valence-corrected chi connectivity index (χ3v) is 12.1. The average Bonchev–Trinajstić information content (AvgIpc) is 3.76. The number of furan rings is 1. The lowest BCUT2D eigenvalue weighted by atomic mass is 9.82. The second-order valence-electron chi connectivity index (χ2n) is 15.7. The third-order valence-electron chi connectivity index (χ3n) is 12.1. The van der Waals surface area contributed by atoms with Crippen LogP contribution in [0.3, 0.4) is 0 Å². The normalized spacial score (nSPS) is 12.9. The van der Waals surface area contributed by atoms with Gasteiger partial charge in [0.2, 0.25) is 0 Å². The van der Waals surface area contributed by atoms with Gasteiger partial charge in [0, 0.05) is 38.7 Å². The first-order chi connectivity index (χ1) is 28.0. The first-order valence-corrected chi connectivity index (χ1v) is 19.8. The Morgan fingerprint density at radius 2 is 1.04 bits per heavy atom. The molecule has 0 N–H and O–H groups in total. The van der Waals surface area contributed by atoms with Crippen LogP contribution in [-0.4, -0.2) is 0 Å². The molecule has 1 aliphatic carbocycles. The van der Waals surface area contributed by atoms with Crippen LogP contribution in [0.4, 0.5) is 17.1 Å². The summed E-state index contributed by atoms with van der Waals surface area (Å²) in [5.41, 5.74) is 17.3. The Hall–Kier alpha value is -7.16. The predicted molar refractivity (Wildman–Crippen MR) is 240 cm³/mol. The summed E-state index contributed by atoms with van der Waals surface area (Å²) in [6.07, 6.45) is 0. The third kappa shape index (κ3) is 5.25. The molecule has 0 amide bonds. The van der Waals surface area contributed by atoms with Crippen molar-refractivity contribution in [1.82, 2.24) is 0 Å². The highest BCUT2D eigenvalue weighted by Gasteiger charge is 2.36. The number of nitrogens with zero attached hydrogens (tertiary/aromatic N) is 1. The maximum atomic E-state index is 6.57. The summed E-state index contributed by atoms with van der Waals surface area (Å²) in [7, 11) is 0. The first kappa shape index (κ1) is 33.2. The minimum atomic E-state index is -0.145. The Morgan fingerprint density at radius 3 is 1.93 bits per heavy atom. The van der Waals surface area contributed by atoms with Gasteiger partial charge in [-0.15, -0.1) is 0 Å². The molecule has 57 heavy (non-hydrogen) atoms. The number of fused-ring (bicyclic) bond motifs is 7. The highest BCUT2D eigenvalue weighted by atomic mass is 16.3. The van der Waals surface area contributed by atoms with E-state index in [1.54, 1.807) is 0 Å². The van der Waals surface area contributed by atoms with Gasteiger partial charge in [-0.25, -0.2) is 0 Å². The highest BCUT2D eigenvalue weighted by molar-refractivity contribution is 6.19. The van der Waals surface area contributed by atoms with Crippen molar-refractivity contribution in [2.75, 3.05) is 4.90 Å². The van der Waals surface area contributed by atoms with E-state index in [0.29, 0.717) is 0 Å². The van der Waals surface area contributed by atoms with E-state index in [9.17, 15) is 0 Å². The summed E-state index contributed by atoms with van der Waals surface area (Å²) in [6, 6.07) is 72.7. The van der Waals surface area contributed by atoms with Crippen LogP contribution in [0.1, 0.15) is 25.0 Å². The molecule has 0 radical (unpaired) electrons. The fourth-order valence-electron chi connectivity index (χ4n) is 9.37. The number of anilines is 3. The summed E-state index contributed by atoms with van der Waals surface area (Å²) in [5, 5.41) is 4.66. The molecule has 270 valence electrons. The van der Waals surface area contributed by atoms with Crippen LogP contribution in [0.25, 0.3) is 77.2 Å². The van der Waals surface area contributed by atoms with Gasteiger partial charge in [-0.05, 0) is 104 Å². The summed E-state index contributed by atoms with van der Waals surface area (Å²) >= 11 is 0. The summed E-state index contributed by atoms with van der Waals surface area (Å²) in [4.78, 5) is 2.46. The second kappa shape index (κ2) is 13.0. The molecule has 0 saturated carbocycles. The zero-order valence-electron chi connectivity index (χ0n) is 31.9. The molecule has 0 fully saturated rings. The molecule has 9 aromatic carbocycles. The largest absolute Gasteiger partial charge is 0.456 e. The standard InChI is InChI=1S/C55H39NO/c1-55(2)48-27-11-8-23-42(48)43-31-30-40(35-49(43)55)56(39-21-14-20-38(34-39)36-16-4-3-5-17-36)50-28-12-9-24-44(50)46-32-33-52-54(47-25-10-13-29-51(47)57-52)53(46)45-26-15-19-37-18-6-7-22-41(37)45/h3-35H,1-2H3. The zero-order chi connectivity index (χ0) is 38.1. The average molecular weight is 730 g/mol. The number of hydrogen-bond donors (Lipinski definition) is 0. The molecule has 0 saturated heterocycles. The molecular weight excluding hydrogens is 691 g/mol. The maximum absolute atomic E-state index is 6.57. The van der Waals surface area contributed by atoms with Gasteiger partial charge in [0.05, 0.1) is 5.69 Å². The van der Waals surface area contributed by atoms with E-state index in [1.165, 1.54) is 55.3 Å². The fourth-order valence-corrected chi connectivity index (χ4v) is 9.37. The first-order valence-electron chi connectivity index (χ1n) is 19.8. The van der Waals surface area contributed by atoms with Crippen molar-refractivity contribution in [2.24, 2.45) is 0 Å². The molecule has 2 heteroatoms. The minimum Gasteiger partial charge on any atom is -0.456 e. The second-order valence-corrected chi connectivity index (χ2v) is 15.7. The van der Waals surface area contributed by atoms with E-state index in [0.717, 1.165) is 50.1 Å². The molecule has 0 unspecified atom stereocenters. The van der Waals surface area contributed by atoms with E-state index < -0.39 is 0 Å². The van der Waals surface area contributed by atoms with Gasteiger partial charge < -0.3 is 9.32 Å². The van der Waals surface area contributed by atoms with Crippen molar-refractivity contribution in [2.45, 2.75) is 19.3 Å². The fraction of sp³-hybridized carbons (Fsp3) is 0.0545. The molecule has 0 aliphatic heterocycles. The van der Waals surface area contributed by atoms with Crippen molar-refractivity contribution in [3.63, 3.8) is 0 Å². The smallest absolute Gasteiger partial charge is 0.136 e. The zero-order valence-corrected chi connectivity index (χ0v) is 31.9. The van der Waals surface area contributed by atoms with Gasteiger partial charge in [0.15, 0.2) is 0 Å². The summed E-state index contributed by atoms with van der Waals surface area (Å²) < 4.78 is 6.57. The Morgan fingerprint density at radius 1 is 0.404 bits per heavy atom. The quantitative estimate of drug-likeness (QED) is 0.169. The van der Waals surface area contributed by atoms with Gasteiger partial charge in [-0.2, -0.15) is 0 Å². The van der Waals surface area contributed by atoms with Crippen LogP contribution in [0.2, 0.25) is 0 Å². The van der Waals surface area contributed by atoms with Crippen molar-refractivity contribution in [3.8, 4) is 44.5 Å². The van der Waals surface area contributed by atoms with Gasteiger partial charge in [0.1, 0.15) is 11.2 Å². The summed E-state index contributed by atoms with van der Waals surface area (Å²) in [6.45, 7) is 4.72. The van der Waals surface area contributed by atoms with E-state index >= 15 is 0 Å². The van der Waals surface area contributed by atoms with Crippen LogP contribution in [0.15, 0.2) is 205 Å². The van der Waals surface area contributed by atoms with Gasteiger partial charge in [-0.1, -0.05) is 166 Å². The molecule has 0 bridgehead atoms. The Labute approximate surface area is 332 Å². The van der Waals surface area contributed by atoms with Crippen LogP contribution >= 0.6 is 0 Å². The van der Waals surface area contributed by atoms with Crippen LogP contribution in [0, 0.1) is 0 Å². The Balaban J connectivity index is 1.20. The van der Waals surface area contributed by atoms with E-state index in [2.05, 4.69) is 219 Å².